The third-order valence-electron chi connectivity index (χ3n) is 1.79. The monoisotopic (exact) mass is 172 g/mol. The first kappa shape index (κ1) is 9.32. The number of nitrogens with one attached hydrogen (secondary N) is 1. The molecule has 0 aliphatic heterocycles. The Bertz CT molecular complexity index is 166. The van der Waals surface area contributed by atoms with Gasteiger partial charge in [-0.25, -0.2) is 4.79 Å². The number of amides is 2. The maximum absolute atomic E-state index is 11.2. The van der Waals surface area contributed by atoms with Crippen LogP contribution in [0.5, 0.6) is 0 Å². The van der Waals surface area contributed by atoms with Gasteiger partial charge in [0.2, 0.25) is 0 Å². The van der Waals surface area contributed by atoms with Gasteiger partial charge in [0, 0.05) is 19.6 Å². The molecule has 1 aliphatic rings. The van der Waals surface area contributed by atoms with Crippen molar-refractivity contribution in [1.82, 2.24) is 10.2 Å². The zero-order valence-electron chi connectivity index (χ0n) is 7.58. The molecule has 1 unspecified atom stereocenters. The van der Waals surface area contributed by atoms with Gasteiger partial charge >= 0.3 is 6.03 Å². The summed E-state index contributed by atoms with van der Waals surface area (Å²) in [5.41, 5.74) is 0. The van der Waals surface area contributed by atoms with E-state index in [4.69, 9.17) is 5.11 Å². The third kappa shape index (κ3) is 3.09. The number of rotatable bonds is 3. The van der Waals surface area contributed by atoms with Crippen LogP contribution in [0.3, 0.4) is 0 Å². The van der Waals surface area contributed by atoms with E-state index in [1.807, 2.05) is 0 Å². The summed E-state index contributed by atoms with van der Waals surface area (Å²) >= 11 is 0. The van der Waals surface area contributed by atoms with Crippen LogP contribution >= 0.6 is 0 Å². The fourth-order valence-corrected chi connectivity index (χ4v) is 0.992. The van der Waals surface area contributed by atoms with Crippen molar-refractivity contribution in [3.8, 4) is 0 Å². The first-order valence-corrected chi connectivity index (χ1v) is 4.29. The van der Waals surface area contributed by atoms with Crippen molar-refractivity contribution >= 4 is 6.03 Å². The summed E-state index contributed by atoms with van der Waals surface area (Å²) in [4.78, 5) is 12.7. The lowest BCUT2D eigenvalue weighted by Gasteiger charge is -2.18. The molecule has 0 saturated heterocycles. The van der Waals surface area contributed by atoms with Crippen LogP contribution in [0.2, 0.25) is 0 Å². The molecule has 1 atom stereocenters. The number of aliphatic hydroxyl groups excluding tert-OH is 1. The molecule has 2 amide bonds. The van der Waals surface area contributed by atoms with E-state index >= 15 is 0 Å². The average Bonchev–Trinajstić information content (AvgIpc) is 2.70. The maximum atomic E-state index is 11.2. The molecule has 2 N–H and O–H groups in total. The number of aliphatic hydroxyl groups is 1. The first-order valence-electron chi connectivity index (χ1n) is 4.29. The molecular weight excluding hydrogens is 156 g/mol. The van der Waals surface area contributed by atoms with Crippen molar-refractivity contribution in [1.29, 1.82) is 0 Å². The van der Waals surface area contributed by atoms with Crippen LogP contribution in [-0.2, 0) is 0 Å². The summed E-state index contributed by atoms with van der Waals surface area (Å²) in [6.45, 7) is 2.06. The fourth-order valence-electron chi connectivity index (χ4n) is 0.992. The van der Waals surface area contributed by atoms with E-state index in [1.54, 1.807) is 14.0 Å². The quantitative estimate of drug-likeness (QED) is 0.637. The Morgan fingerprint density at radius 2 is 2.33 bits per heavy atom. The van der Waals surface area contributed by atoms with Crippen molar-refractivity contribution in [3.63, 3.8) is 0 Å². The van der Waals surface area contributed by atoms with Gasteiger partial charge in [-0.05, 0) is 19.8 Å². The third-order valence-corrected chi connectivity index (χ3v) is 1.79. The predicted molar refractivity (Wildman–Crippen MR) is 45.9 cm³/mol. The van der Waals surface area contributed by atoms with Gasteiger partial charge in [-0.3, -0.25) is 0 Å². The summed E-state index contributed by atoms with van der Waals surface area (Å²) in [5, 5.41) is 11.8. The molecule has 70 valence electrons. The van der Waals surface area contributed by atoms with E-state index in [9.17, 15) is 4.79 Å². The number of likely N-dealkylation sites (N-methyl/N-ethyl adjacent to an activating group) is 1. The SMILES string of the molecule is CC(O)CN(C)C(=O)NC1CC1. The van der Waals surface area contributed by atoms with E-state index in [0.717, 1.165) is 12.8 Å². The number of carbonyl (C=O) groups excluding carboxylic acids is 1. The Balaban J connectivity index is 2.19. The lowest BCUT2D eigenvalue weighted by atomic mass is 10.4. The van der Waals surface area contributed by atoms with Crippen LogP contribution in [0.15, 0.2) is 0 Å². The number of hydrogen-bond acceptors (Lipinski definition) is 2. The van der Waals surface area contributed by atoms with Gasteiger partial charge in [0.15, 0.2) is 0 Å². The topological polar surface area (TPSA) is 52.6 Å². The minimum atomic E-state index is -0.458. The Kier molecular flexibility index (Phi) is 2.92. The Morgan fingerprint density at radius 3 is 2.75 bits per heavy atom. The average molecular weight is 172 g/mol. The molecule has 1 aliphatic carbocycles. The van der Waals surface area contributed by atoms with Gasteiger partial charge in [0.25, 0.3) is 0 Å². The normalized spacial score (nSPS) is 18.6. The molecule has 1 rings (SSSR count). The van der Waals surface area contributed by atoms with Crippen molar-refractivity contribution in [3.05, 3.63) is 0 Å². The van der Waals surface area contributed by atoms with E-state index in [0.29, 0.717) is 12.6 Å². The number of urea groups is 1. The smallest absolute Gasteiger partial charge is 0.317 e. The zero-order chi connectivity index (χ0) is 9.14. The van der Waals surface area contributed by atoms with Gasteiger partial charge in [0.1, 0.15) is 0 Å². The van der Waals surface area contributed by atoms with Crippen LogP contribution in [0.1, 0.15) is 19.8 Å². The summed E-state index contributed by atoms with van der Waals surface area (Å²) < 4.78 is 0. The zero-order valence-corrected chi connectivity index (χ0v) is 7.58. The fraction of sp³-hybridized carbons (Fsp3) is 0.875. The molecule has 0 radical (unpaired) electrons. The highest BCUT2D eigenvalue weighted by atomic mass is 16.3. The molecule has 4 nitrogen and oxygen atoms in total. The van der Waals surface area contributed by atoms with Crippen LogP contribution < -0.4 is 5.32 Å². The van der Waals surface area contributed by atoms with Gasteiger partial charge in [0.05, 0.1) is 6.10 Å². The van der Waals surface area contributed by atoms with Crippen molar-refractivity contribution in [2.24, 2.45) is 0 Å². The van der Waals surface area contributed by atoms with Gasteiger partial charge < -0.3 is 15.3 Å². The molecule has 0 aromatic carbocycles. The highest BCUT2D eigenvalue weighted by Crippen LogP contribution is 2.18. The number of hydrogen-bond donors (Lipinski definition) is 2. The molecule has 1 fully saturated rings. The van der Waals surface area contributed by atoms with E-state index in [1.165, 1.54) is 4.90 Å². The van der Waals surface area contributed by atoms with Crippen LogP contribution in [-0.4, -0.2) is 41.8 Å². The molecule has 0 spiro atoms. The molecular formula is C8H16N2O2. The maximum Gasteiger partial charge on any atom is 0.317 e. The second kappa shape index (κ2) is 3.76. The summed E-state index contributed by atoms with van der Waals surface area (Å²) in [6, 6.07) is 0.298. The summed E-state index contributed by atoms with van der Waals surface area (Å²) in [6.07, 6.45) is 1.72. The molecule has 0 bridgehead atoms. The minimum Gasteiger partial charge on any atom is -0.392 e. The standard InChI is InChI=1S/C8H16N2O2/c1-6(11)5-10(2)8(12)9-7-3-4-7/h6-7,11H,3-5H2,1-2H3,(H,9,12). The van der Waals surface area contributed by atoms with E-state index in [2.05, 4.69) is 5.32 Å². The van der Waals surface area contributed by atoms with Gasteiger partial charge in [-0.2, -0.15) is 0 Å². The lowest BCUT2D eigenvalue weighted by molar-refractivity contribution is 0.143. The van der Waals surface area contributed by atoms with Crippen LogP contribution in [0.25, 0.3) is 0 Å². The van der Waals surface area contributed by atoms with Crippen molar-refractivity contribution in [2.45, 2.75) is 31.9 Å². The highest BCUT2D eigenvalue weighted by molar-refractivity contribution is 5.74. The molecule has 0 heterocycles. The van der Waals surface area contributed by atoms with Gasteiger partial charge in [-0.15, -0.1) is 0 Å². The summed E-state index contributed by atoms with van der Waals surface area (Å²) in [5.74, 6) is 0. The Morgan fingerprint density at radius 1 is 1.75 bits per heavy atom. The molecule has 0 aromatic heterocycles. The van der Waals surface area contributed by atoms with Crippen LogP contribution in [0, 0.1) is 0 Å². The molecule has 0 aromatic rings. The van der Waals surface area contributed by atoms with Crippen molar-refractivity contribution < 1.29 is 9.90 Å². The first-order chi connectivity index (χ1) is 5.59. The second-order valence-corrected chi connectivity index (χ2v) is 3.45. The largest absolute Gasteiger partial charge is 0.392 e. The molecule has 1 saturated carbocycles. The molecule has 12 heavy (non-hydrogen) atoms. The number of nitrogens with zero attached hydrogens (tertiary/aromatic N) is 1. The minimum absolute atomic E-state index is 0.0848. The van der Waals surface area contributed by atoms with E-state index in [-0.39, 0.29) is 6.03 Å². The van der Waals surface area contributed by atoms with Gasteiger partial charge in [-0.1, -0.05) is 0 Å². The molecule has 4 heteroatoms. The Labute approximate surface area is 72.6 Å². The Hall–Kier alpha value is -0.770. The van der Waals surface area contributed by atoms with Crippen LogP contribution in [0.4, 0.5) is 4.79 Å². The second-order valence-electron chi connectivity index (χ2n) is 3.45. The predicted octanol–water partition coefficient (Wildman–Crippen LogP) is 0.171. The summed E-state index contributed by atoms with van der Waals surface area (Å²) in [7, 11) is 1.68. The lowest BCUT2D eigenvalue weighted by Crippen LogP contribution is -2.41. The highest BCUT2D eigenvalue weighted by Gasteiger charge is 2.24. The van der Waals surface area contributed by atoms with E-state index < -0.39 is 6.10 Å². The number of carbonyl (C=O) groups is 1. The van der Waals surface area contributed by atoms with Crippen molar-refractivity contribution in [2.75, 3.05) is 13.6 Å².